The fourth-order valence-corrected chi connectivity index (χ4v) is 3.12. The fourth-order valence-electron chi connectivity index (χ4n) is 2.79. The Hall–Kier alpha value is -1.14. The van der Waals surface area contributed by atoms with Crippen LogP contribution in [-0.2, 0) is 11.2 Å². The summed E-state index contributed by atoms with van der Waals surface area (Å²) >= 11 is 3.28. The number of rotatable bonds is 6. The number of aliphatic imine (C=N–C) groups is 1. The summed E-state index contributed by atoms with van der Waals surface area (Å²) in [5.41, 5.74) is 0.751. The maximum atomic E-state index is 13.8. The minimum Gasteiger partial charge on any atom is -0.381 e. The molecule has 1 aliphatic heterocycles. The molecule has 1 saturated heterocycles. The van der Waals surface area contributed by atoms with Crippen molar-refractivity contribution >= 4 is 21.9 Å². The van der Waals surface area contributed by atoms with Gasteiger partial charge in [-0.25, -0.2) is 4.39 Å². The normalized spacial score (nSPS) is 18.3. The minimum atomic E-state index is -0.151. The molecule has 1 aliphatic rings. The van der Waals surface area contributed by atoms with E-state index < -0.39 is 0 Å². The second kappa shape index (κ2) is 9.23. The first-order valence-corrected chi connectivity index (χ1v) is 8.83. The highest BCUT2D eigenvalue weighted by molar-refractivity contribution is 9.10. The molecule has 6 heteroatoms. The van der Waals surface area contributed by atoms with Crippen molar-refractivity contribution in [1.29, 1.82) is 0 Å². The molecule has 1 N–H and O–H groups in total. The maximum Gasteiger partial charge on any atom is 0.193 e. The number of ether oxygens (including phenoxy) is 1. The summed E-state index contributed by atoms with van der Waals surface area (Å²) in [5.74, 6) is 1.31. The molecule has 23 heavy (non-hydrogen) atoms. The third kappa shape index (κ3) is 5.77. The van der Waals surface area contributed by atoms with E-state index in [0.29, 0.717) is 12.3 Å². The molecule has 2 rings (SSSR count). The summed E-state index contributed by atoms with van der Waals surface area (Å²) in [6.45, 7) is 3.42. The molecule has 1 atom stereocenters. The smallest absolute Gasteiger partial charge is 0.193 e. The Morgan fingerprint density at radius 2 is 2.35 bits per heavy atom. The number of guanidine groups is 1. The van der Waals surface area contributed by atoms with Crippen molar-refractivity contribution in [2.75, 3.05) is 40.4 Å². The Balaban J connectivity index is 1.72. The van der Waals surface area contributed by atoms with Gasteiger partial charge in [0.1, 0.15) is 5.82 Å². The zero-order valence-electron chi connectivity index (χ0n) is 13.8. The number of halogens is 2. The van der Waals surface area contributed by atoms with Crippen LogP contribution in [0.1, 0.15) is 18.4 Å². The van der Waals surface area contributed by atoms with Gasteiger partial charge in [0, 0.05) is 44.2 Å². The molecular formula is C17H25BrFN3O. The number of nitrogens with one attached hydrogen (secondary N) is 1. The van der Waals surface area contributed by atoms with Gasteiger partial charge in [-0.05, 0) is 37.0 Å². The second-order valence-electron chi connectivity index (χ2n) is 5.92. The molecule has 1 aromatic carbocycles. The molecule has 1 heterocycles. The lowest BCUT2D eigenvalue weighted by molar-refractivity contribution is 0.181. The number of aryl methyl sites for hydroxylation is 1. The van der Waals surface area contributed by atoms with Gasteiger partial charge in [0.15, 0.2) is 5.96 Å². The zero-order chi connectivity index (χ0) is 16.7. The zero-order valence-corrected chi connectivity index (χ0v) is 15.4. The SMILES string of the molecule is CN=C(NCCCc1ccc(Br)cc1F)N(C)CC1CCOC1. The molecule has 0 saturated carbocycles. The van der Waals surface area contributed by atoms with Crippen LogP contribution in [0.25, 0.3) is 0 Å². The van der Waals surface area contributed by atoms with Gasteiger partial charge in [-0.3, -0.25) is 4.99 Å². The molecule has 0 radical (unpaired) electrons. The summed E-state index contributed by atoms with van der Waals surface area (Å²) in [7, 11) is 3.83. The fraction of sp³-hybridized carbons (Fsp3) is 0.588. The van der Waals surface area contributed by atoms with Crippen LogP contribution >= 0.6 is 15.9 Å². The third-order valence-corrected chi connectivity index (χ3v) is 4.54. The van der Waals surface area contributed by atoms with Crippen molar-refractivity contribution in [3.8, 4) is 0 Å². The molecule has 0 spiro atoms. The van der Waals surface area contributed by atoms with Gasteiger partial charge in [0.2, 0.25) is 0 Å². The van der Waals surface area contributed by atoms with E-state index in [0.717, 1.165) is 55.1 Å². The highest BCUT2D eigenvalue weighted by atomic mass is 79.9. The van der Waals surface area contributed by atoms with E-state index in [2.05, 4.69) is 31.1 Å². The van der Waals surface area contributed by atoms with Crippen LogP contribution in [0.15, 0.2) is 27.7 Å². The topological polar surface area (TPSA) is 36.9 Å². The first kappa shape index (κ1) is 18.2. The Morgan fingerprint density at radius 3 is 3.00 bits per heavy atom. The first-order chi connectivity index (χ1) is 11.1. The number of hydrogen-bond acceptors (Lipinski definition) is 2. The van der Waals surface area contributed by atoms with Gasteiger partial charge in [-0.15, -0.1) is 0 Å². The lowest BCUT2D eigenvalue weighted by atomic mass is 10.1. The molecule has 4 nitrogen and oxygen atoms in total. The van der Waals surface area contributed by atoms with E-state index in [1.165, 1.54) is 6.07 Å². The van der Waals surface area contributed by atoms with E-state index >= 15 is 0 Å². The van der Waals surface area contributed by atoms with Crippen molar-refractivity contribution in [2.45, 2.75) is 19.3 Å². The van der Waals surface area contributed by atoms with Gasteiger partial charge in [0.05, 0.1) is 6.61 Å². The van der Waals surface area contributed by atoms with E-state index in [-0.39, 0.29) is 5.82 Å². The maximum absolute atomic E-state index is 13.8. The molecule has 1 unspecified atom stereocenters. The average molecular weight is 386 g/mol. The van der Waals surface area contributed by atoms with Gasteiger partial charge in [-0.1, -0.05) is 22.0 Å². The Kier molecular flexibility index (Phi) is 7.30. The van der Waals surface area contributed by atoms with E-state index in [1.54, 1.807) is 7.05 Å². The number of nitrogens with zero attached hydrogens (tertiary/aromatic N) is 2. The van der Waals surface area contributed by atoms with Gasteiger partial charge in [0.25, 0.3) is 0 Å². The summed E-state index contributed by atoms with van der Waals surface area (Å²) in [6, 6.07) is 5.22. The lowest BCUT2D eigenvalue weighted by Gasteiger charge is -2.24. The predicted octanol–water partition coefficient (Wildman–Crippen LogP) is 3.06. The Labute approximate surface area is 146 Å². The van der Waals surface area contributed by atoms with Crippen LogP contribution in [0.4, 0.5) is 4.39 Å². The molecular weight excluding hydrogens is 361 g/mol. The summed E-state index contributed by atoms with van der Waals surface area (Å²) in [6.07, 6.45) is 2.69. The molecule has 0 aromatic heterocycles. The van der Waals surface area contributed by atoms with E-state index in [4.69, 9.17) is 4.74 Å². The molecule has 0 amide bonds. The van der Waals surface area contributed by atoms with Crippen LogP contribution in [-0.4, -0.2) is 51.3 Å². The van der Waals surface area contributed by atoms with Crippen LogP contribution in [0, 0.1) is 11.7 Å². The summed E-state index contributed by atoms with van der Waals surface area (Å²) < 4.78 is 19.9. The standard InChI is InChI=1S/C17H25BrFN3O/c1-20-17(22(2)11-13-7-9-23-12-13)21-8-3-4-14-5-6-15(18)10-16(14)19/h5-6,10,13H,3-4,7-9,11-12H2,1-2H3,(H,20,21). The summed E-state index contributed by atoms with van der Waals surface area (Å²) in [4.78, 5) is 6.45. The molecule has 0 aliphatic carbocycles. The molecule has 1 fully saturated rings. The van der Waals surface area contributed by atoms with Gasteiger partial charge in [-0.2, -0.15) is 0 Å². The van der Waals surface area contributed by atoms with E-state index in [9.17, 15) is 4.39 Å². The average Bonchev–Trinajstić information content (AvgIpc) is 3.02. The number of hydrogen-bond donors (Lipinski definition) is 1. The van der Waals surface area contributed by atoms with Crippen molar-refractivity contribution in [1.82, 2.24) is 10.2 Å². The van der Waals surface area contributed by atoms with Crippen LogP contribution in [0.5, 0.6) is 0 Å². The quantitative estimate of drug-likeness (QED) is 0.464. The van der Waals surface area contributed by atoms with E-state index in [1.807, 2.05) is 19.2 Å². The van der Waals surface area contributed by atoms with Crippen molar-refractivity contribution in [3.05, 3.63) is 34.1 Å². The lowest BCUT2D eigenvalue weighted by Crippen LogP contribution is -2.41. The van der Waals surface area contributed by atoms with Crippen molar-refractivity contribution in [3.63, 3.8) is 0 Å². The first-order valence-electron chi connectivity index (χ1n) is 8.03. The van der Waals surface area contributed by atoms with Crippen molar-refractivity contribution < 1.29 is 9.13 Å². The summed E-state index contributed by atoms with van der Waals surface area (Å²) in [5, 5.41) is 3.35. The van der Waals surface area contributed by atoms with Gasteiger partial charge >= 0.3 is 0 Å². The monoisotopic (exact) mass is 385 g/mol. The predicted molar refractivity (Wildman–Crippen MR) is 95.3 cm³/mol. The second-order valence-corrected chi connectivity index (χ2v) is 6.84. The third-order valence-electron chi connectivity index (χ3n) is 4.05. The van der Waals surface area contributed by atoms with Crippen LogP contribution < -0.4 is 5.32 Å². The van der Waals surface area contributed by atoms with Gasteiger partial charge < -0.3 is 15.0 Å². The van der Waals surface area contributed by atoms with Crippen molar-refractivity contribution in [2.24, 2.45) is 10.9 Å². The molecule has 128 valence electrons. The van der Waals surface area contributed by atoms with Crippen LogP contribution in [0.2, 0.25) is 0 Å². The Bertz CT molecular complexity index is 533. The highest BCUT2D eigenvalue weighted by Crippen LogP contribution is 2.16. The molecule has 0 bridgehead atoms. The minimum absolute atomic E-state index is 0.151. The largest absolute Gasteiger partial charge is 0.381 e. The highest BCUT2D eigenvalue weighted by Gasteiger charge is 2.18. The Morgan fingerprint density at radius 1 is 1.52 bits per heavy atom. The van der Waals surface area contributed by atoms with Crippen LogP contribution in [0.3, 0.4) is 0 Å². The molecule has 1 aromatic rings. The number of benzene rings is 1.